The van der Waals surface area contributed by atoms with Gasteiger partial charge in [-0.2, -0.15) is 0 Å². The zero-order valence-electron chi connectivity index (χ0n) is 34.2. The molecule has 5 amide bonds. The molecule has 2 saturated carbocycles. The maximum Gasteiger partial charge on any atom is 0.416 e. The van der Waals surface area contributed by atoms with Crippen LogP contribution < -0.4 is 15.1 Å². The van der Waals surface area contributed by atoms with Gasteiger partial charge in [0.1, 0.15) is 40.0 Å². The van der Waals surface area contributed by atoms with Crippen LogP contribution in [0.5, 0.6) is 0 Å². The number of nitrogens with one attached hydrogen (secondary N) is 1. The van der Waals surface area contributed by atoms with Crippen LogP contribution in [0.3, 0.4) is 0 Å². The lowest BCUT2D eigenvalue weighted by Crippen LogP contribution is -2.37. The highest BCUT2D eigenvalue weighted by molar-refractivity contribution is 7.92. The number of nitrogens with zero attached hydrogens (tertiary/aromatic N) is 8. The highest BCUT2D eigenvalue weighted by Crippen LogP contribution is 2.47. The first kappa shape index (κ1) is 41.2. The third kappa shape index (κ3) is 9.19. The minimum Gasteiger partial charge on any atom is -0.444 e. The fourth-order valence-corrected chi connectivity index (χ4v) is 8.17. The zero-order valence-corrected chi connectivity index (χ0v) is 35.0. The summed E-state index contributed by atoms with van der Waals surface area (Å²) in [7, 11) is -3.01. The molecular weight excluding hydrogens is 783 g/mol. The number of hydrogen-bond donors (Lipinski definition) is 1. The molecule has 59 heavy (non-hydrogen) atoms. The van der Waals surface area contributed by atoms with E-state index in [-0.39, 0.29) is 42.3 Å². The smallest absolute Gasteiger partial charge is 0.416 e. The molecule has 5 heterocycles. The molecule has 19 heteroatoms. The SMILES string of the molecule is Cc1ccnc(C2CC2C(=O)CS(=O)(=O)c2cnc(N(Cc3cn4cc(C5CC5)cc(N5CC(=O)N(C)C5=O)c4n3)C(=O)OC(C)(C)C)cc2NC(=O)OC(C)(C)C)n1. The van der Waals surface area contributed by atoms with Crippen molar-refractivity contribution in [3.05, 3.63) is 65.8 Å². The van der Waals surface area contributed by atoms with Gasteiger partial charge < -0.3 is 13.9 Å². The van der Waals surface area contributed by atoms with Crippen LogP contribution >= 0.6 is 0 Å². The van der Waals surface area contributed by atoms with Crippen molar-refractivity contribution >= 4 is 62.6 Å². The number of sulfone groups is 1. The zero-order chi connectivity index (χ0) is 42.8. The molecule has 3 aliphatic rings. The van der Waals surface area contributed by atoms with Gasteiger partial charge in [-0.05, 0) is 91.3 Å². The topological polar surface area (TPSA) is 216 Å². The van der Waals surface area contributed by atoms with E-state index in [9.17, 15) is 32.4 Å². The summed E-state index contributed by atoms with van der Waals surface area (Å²) in [6.45, 7) is 11.3. The molecule has 1 saturated heterocycles. The van der Waals surface area contributed by atoms with E-state index in [1.54, 1.807) is 71.3 Å². The summed E-state index contributed by atoms with van der Waals surface area (Å²) in [5, 5.41) is 2.49. The molecule has 4 aromatic rings. The molecule has 2 aliphatic carbocycles. The van der Waals surface area contributed by atoms with Crippen molar-refractivity contribution in [3.8, 4) is 0 Å². The van der Waals surface area contributed by atoms with E-state index in [4.69, 9.17) is 14.5 Å². The average Bonchev–Trinajstić information content (AvgIpc) is 4.05. The molecule has 7 rings (SSSR count). The Morgan fingerprint density at radius 2 is 1.69 bits per heavy atom. The van der Waals surface area contributed by atoms with E-state index in [0.717, 1.165) is 40.1 Å². The van der Waals surface area contributed by atoms with Gasteiger partial charge in [0.25, 0.3) is 0 Å². The maximum atomic E-state index is 14.0. The molecule has 3 fully saturated rings. The van der Waals surface area contributed by atoms with E-state index < -0.39 is 61.6 Å². The number of pyridine rings is 2. The summed E-state index contributed by atoms with van der Waals surface area (Å²) >= 11 is 0. The Bertz CT molecular complexity index is 2500. The van der Waals surface area contributed by atoms with Crippen LogP contribution in [0, 0.1) is 12.8 Å². The first-order chi connectivity index (χ1) is 27.6. The van der Waals surface area contributed by atoms with Crippen molar-refractivity contribution in [2.45, 2.75) is 102 Å². The van der Waals surface area contributed by atoms with Crippen LogP contribution in [0.1, 0.15) is 95.4 Å². The number of carbonyl (C=O) groups excluding carboxylic acids is 5. The van der Waals surface area contributed by atoms with Gasteiger partial charge in [0.05, 0.1) is 29.8 Å². The van der Waals surface area contributed by atoms with Crippen LogP contribution in [0.2, 0.25) is 0 Å². The lowest BCUT2D eigenvalue weighted by Gasteiger charge is -2.27. The highest BCUT2D eigenvalue weighted by atomic mass is 32.2. The van der Waals surface area contributed by atoms with Gasteiger partial charge in [-0.3, -0.25) is 29.6 Å². The summed E-state index contributed by atoms with van der Waals surface area (Å²) in [6, 6.07) is 4.29. The van der Waals surface area contributed by atoms with Gasteiger partial charge in [0.2, 0.25) is 5.91 Å². The molecule has 1 N–H and O–H groups in total. The standard InChI is InChI=1S/C40H47N9O9S/c1-22-11-12-41-34(43-22)27-14-26(27)30(50)21-59(55,56)31-16-42-32(15-28(31)45-36(52)57-39(2,3)4)49(38(54)58-40(5,6)7)19-25-18-47-17-24(23-9-10-23)13-29(35(47)44-25)48-20-33(51)46(8)37(48)53/h11-13,15-18,23,26-27H,9-10,14,19-21H2,1-8H3,(H,42,45,52). The number of anilines is 3. The van der Waals surface area contributed by atoms with E-state index >= 15 is 0 Å². The Morgan fingerprint density at radius 3 is 2.32 bits per heavy atom. The van der Waals surface area contributed by atoms with Crippen LogP contribution in [0.25, 0.3) is 5.65 Å². The van der Waals surface area contributed by atoms with Crippen molar-refractivity contribution in [1.82, 2.24) is 29.2 Å². The summed E-state index contributed by atoms with van der Waals surface area (Å²) in [4.78, 5) is 87.0. The molecule has 312 valence electrons. The molecule has 0 bridgehead atoms. The number of imidazole rings is 1. The van der Waals surface area contributed by atoms with E-state index in [2.05, 4.69) is 20.3 Å². The number of carbonyl (C=O) groups is 5. The van der Waals surface area contributed by atoms with Crippen LogP contribution in [-0.2, 0) is 35.4 Å². The Labute approximate surface area is 341 Å². The predicted molar refractivity (Wildman–Crippen MR) is 214 cm³/mol. The van der Waals surface area contributed by atoms with Crippen molar-refractivity contribution in [2.24, 2.45) is 5.92 Å². The minimum atomic E-state index is -4.43. The largest absolute Gasteiger partial charge is 0.444 e. The van der Waals surface area contributed by atoms with Gasteiger partial charge in [-0.25, -0.2) is 42.7 Å². The lowest BCUT2D eigenvalue weighted by molar-refractivity contribution is -0.124. The third-order valence-electron chi connectivity index (χ3n) is 9.84. The third-order valence-corrected chi connectivity index (χ3v) is 11.5. The number of aromatic nitrogens is 5. The predicted octanol–water partition coefficient (Wildman–Crippen LogP) is 5.54. The van der Waals surface area contributed by atoms with E-state index in [1.807, 2.05) is 12.3 Å². The fourth-order valence-electron chi connectivity index (χ4n) is 6.76. The molecule has 18 nitrogen and oxygen atoms in total. The van der Waals surface area contributed by atoms with E-state index in [1.165, 1.54) is 18.0 Å². The number of amides is 5. The first-order valence-electron chi connectivity index (χ1n) is 19.2. The second kappa shape index (κ2) is 15.0. The number of imide groups is 1. The lowest BCUT2D eigenvalue weighted by atomic mass is 10.1. The monoisotopic (exact) mass is 829 g/mol. The van der Waals surface area contributed by atoms with Crippen LogP contribution in [-0.4, -0.2) is 98.1 Å². The Kier molecular flexibility index (Phi) is 10.5. The van der Waals surface area contributed by atoms with E-state index in [0.29, 0.717) is 29.3 Å². The molecule has 0 spiro atoms. The minimum absolute atomic E-state index is 0.118. The molecule has 1 aliphatic heterocycles. The number of rotatable bonds is 11. The Balaban J connectivity index is 1.24. The number of ketones is 1. The average molecular weight is 830 g/mol. The number of hydrogen-bond acceptors (Lipinski definition) is 13. The summed E-state index contributed by atoms with van der Waals surface area (Å²) in [5.41, 5.74) is 0.603. The van der Waals surface area contributed by atoms with Gasteiger partial charge in [0, 0.05) is 49.2 Å². The normalized spacial score (nSPS) is 18.3. The van der Waals surface area contributed by atoms with Gasteiger partial charge in [-0.1, -0.05) is 0 Å². The highest BCUT2D eigenvalue weighted by Gasteiger charge is 2.47. The Morgan fingerprint density at radius 1 is 0.983 bits per heavy atom. The first-order valence-corrected chi connectivity index (χ1v) is 20.9. The number of Topliss-reactive ketones (excluding diaryl/α,β-unsaturated/α-hetero) is 1. The second-order valence-corrected chi connectivity index (χ2v) is 19.1. The van der Waals surface area contributed by atoms with Crippen LogP contribution in [0.4, 0.5) is 31.6 Å². The van der Waals surface area contributed by atoms with Crippen molar-refractivity contribution in [1.29, 1.82) is 0 Å². The second-order valence-electron chi connectivity index (χ2n) is 17.2. The number of urea groups is 1. The number of aryl methyl sites for hydroxylation is 1. The summed E-state index contributed by atoms with van der Waals surface area (Å²) in [5.74, 6) is -2.05. The van der Waals surface area contributed by atoms with Crippen molar-refractivity contribution in [3.63, 3.8) is 0 Å². The summed E-state index contributed by atoms with van der Waals surface area (Å²) in [6.07, 6.45) is 6.65. The molecule has 2 unspecified atom stereocenters. The van der Waals surface area contributed by atoms with Gasteiger partial charge >= 0.3 is 18.2 Å². The number of likely N-dealkylation sites (N-methyl/N-ethyl adjacent to an activating group) is 1. The van der Waals surface area contributed by atoms with Crippen LogP contribution in [0.15, 0.2) is 47.9 Å². The molecule has 0 aromatic carbocycles. The number of fused-ring (bicyclic) bond motifs is 1. The molecule has 0 radical (unpaired) electrons. The number of ether oxygens (including phenoxy) is 2. The van der Waals surface area contributed by atoms with Gasteiger partial charge in [-0.15, -0.1) is 0 Å². The fraction of sp³-hybridized carbons (Fsp3) is 0.475. The van der Waals surface area contributed by atoms with Crippen molar-refractivity contribution < 1.29 is 41.9 Å². The molecule has 4 aromatic heterocycles. The summed E-state index contributed by atoms with van der Waals surface area (Å²) < 4.78 is 40.9. The Hall–Kier alpha value is -5.98. The van der Waals surface area contributed by atoms with Gasteiger partial charge in [0.15, 0.2) is 21.3 Å². The quantitative estimate of drug-likeness (QED) is 0.184. The maximum absolute atomic E-state index is 14.0. The van der Waals surface area contributed by atoms with Crippen molar-refractivity contribution in [2.75, 3.05) is 34.5 Å². The molecule has 2 atom stereocenters. The molecular formula is C40H47N9O9S.